The molecule has 9 heteroatoms. The molecule has 26 heavy (non-hydrogen) atoms. The number of amides is 1. The maximum absolute atomic E-state index is 11.7. The van der Waals surface area contributed by atoms with Gasteiger partial charge in [0.25, 0.3) is 5.91 Å². The van der Waals surface area contributed by atoms with Crippen LogP contribution < -0.4 is 4.74 Å². The summed E-state index contributed by atoms with van der Waals surface area (Å²) < 4.78 is 7.86. The van der Waals surface area contributed by atoms with E-state index in [1.165, 1.54) is 16.8 Å². The van der Waals surface area contributed by atoms with Gasteiger partial charge in [-0.1, -0.05) is 53.8 Å². The van der Waals surface area contributed by atoms with Crippen molar-refractivity contribution in [2.75, 3.05) is 5.75 Å². The van der Waals surface area contributed by atoms with Gasteiger partial charge in [0.05, 0.1) is 20.9 Å². The second-order valence-electron chi connectivity index (χ2n) is 5.20. The van der Waals surface area contributed by atoms with Gasteiger partial charge in [-0.3, -0.25) is 4.79 Å². The molecular weight excluding hydrogens is 524 g/mol. The minimum atomic E-state index is -0.117. The highest BCUT2D eigenvalue weighted by molar-refractivity contribution is 9.11. The summed E-state index contributed by atoms with van der Waals surface area (Å²) in [6.07, 6.45) is 1.59. The van der Waals surface area contributed by atoms with Gasteiger partial charge in [0.1, 0.15) is 12.4 Å². The zero-order chi connectivity index (χ0) is 18.7. The maximum atomic E-state index is 11.7. The second-order valence-corrected chi connectivity index (χ2v) is 8.92. The molecule has 0 aromatic heterocycles. The molecule has 0 N–H and O–H groups in total. The highest BCUT2D eigenvalue weighted by Gasteiger charge is 2.26. The number of hydrogen-bond acceptors (Lipinski definition) is 5. The Balaban J connectivity index is 1.75. The van der Waals surface area contributed by atoms with Gasteiger partial charge in [0, 0.05) is 10.6 Å². The molecule has 1 aliphatic rings. The van der Waals surface area contributed by atoms with Gasteiger partial charge in [-0.05, 0) is 55.6 Å². The van der Waals surface area contributed by atoms with Crippen LogP contribution in [0.4, 0.5) is 0 Å². The summed E-state index contributed by atoms with van der Waals surface area (Å²) in [6.45, 7) is 0.345. The molecule has 2 aromatic carbocycles. The summed E-state index contributed by atoms with van der Waals surface area (Å²) >= 11 is 19.6. The molecule has 134 valence electrons. The Bertz CT molecular complexity index is 869. The number of nitrogens with zero attached hydrogens (tertiary/aromatic N) is 2. The highest BCUT2D eigenvalue weighted by atomic mass is 79.9. The number of thioether (sulfide) groups is 1. The first-order valence-corrected chi connectivity index (χ1v) is 10.7. The largest absolute Gasteiger partial charge is 0.486 e. The number of hydrazone groups is 1. The topological polar surface area (TPSA) is 41.9 Å². The minimum Gasteiger partial charge on any atom is -0.486 e. The van der Waals surface area contributed by atoms with Crippen LogP contribution in [-0.4, -0.2) is 27.2 Å². The molecule has 2 aromatic rings. The van der Waals surface area contributed by atoms with Crippen molar-refractivity contribution in [2.45, 2.75) is 6.61 Å². The van der Waals surface area contributed by atoms with E-state index in [4.69, 9.17) is 28.6 Å². The van der Waals surface area contributed by atoms with Gasteiger partial charge in [-0.15, -0.1) is 0 Å². The third-order valence-electron chi connectivity index (χ3n) is 3.40. The SMILES string of the molecule is O=C1CSC(=S)N1/N=C/c1cc(Br)c(OCc2ccccc2Cl)c(Br)c1. The lowest BCUT2D eigenvalue weighted by molar-refractivity contribution is -0.123. The van der Waals surface area contributed by atoms with Crippen LogP contribution in [0.5, 0.6) is 5.75 Å². The van der Waals surface area contributed by atoms with Crippen molar-refractivity contribution < 1.29 is 9.53 Å². The van der Waals surface area contributed by atoms with Gasteiger partial charge >= 0.3 is 0 Å². The molecule has 0 spiro atoms. The Morgan fingerprint density at radius 3 is 2.62 bits per heavy atom. The van der Waals surface area contributed by atoms with Crippen LogP contribution in [0.25, 0.3) is 0 Å². The van der Waals surface area contributed by atoms with Gasteiger partial charge in [-0.2, -0.15) is 10.1 Å². The lowest BCUT2D eigenvalue weighted by atomic mass is 10.2. The van der Waals surface area contributed by atoms with Crippen molar-refractivity contribution in [2.24, 2.45) is 5.10 Å². The average Bonchev–Trinajstić information content (AvgIpc) is 2.92. The summed E-state index contributed by atoms with van der Waals surface area (Å²) in [7, 11) is 0. The molecule has 1 saturated heterocycles. The van der Waals surface area contributed by atoms with Crippen molar-refractivity contribution in [3.63, 3.8) is 0 Å². The molecule has 0 unspecified atom stereocenters. The molecule has 0 saturated carbocycles. The van der Waals surface area contributed by atoms with E-state index in [1.54, 1.807) is 6.21 Å². The second kappa shape index (κ2) is 8.84. The van der Waals surface area contributed by atoms with E-state index < -0.39 is 0 Å². The summed E-state index contributed by atoms with van der Waals surface area (Å²) in [5, 5.41) is 6.07. The van der Waals surface area contributed by atoms with E-state index in [-0.39, 0.29) is 5.91 Å². The van der Waals surface area contributed by atoms with Gasteiger partial charge in [0.2, 0.25) is 0 Å². The third-order valence-corrected chi connectivity index (χ3v) is 6.29. The number of rotatable bonds is 5. The van der Waals surface area contributed by atoms with E-state index in [2.05, 4.69) is 37.0 Å². The summed E-state index contributed by atoms with van der Waals surface area (Å²) in [6, 6.07) is 11.2. The van der Waals surface area contributed by atoms with Gasteiger partial charge < -0.3 is 4.74 Å². The van der Waals surface area contributed by atoms with Crippen LogP contribution >= 0.6 is 67.4 Å². The molecule has 0 radical (unpaired) electrons. The fraction of sp³-hybridized carbons (Fsp3) is 0.118. The molecule has 4 nitrogen and oxygen atoms in total. The monoisotopic (exact) mass is 532 g/mol. The molecule has 1 aliphatic heterocycles. The fourth-order valence-corrected chi connectivity index (χ4v) is 4.75. The molecule has 3 rings (SSSR count). The predicted octanol–water partition coefficient (Wildman–Crippen LogP) is 5.64. The van der Waals surface area contributed by atoms with E-state index in [1.807, 2.05) is 36.4 Å². The predicted molar refractivity (Wildman–Crippen MR) is 117 cm³/mol. The van der Waals surface area contributed by atoms with Crippen LogP contribution in [0.2, 0.25) is 5.02 Å². The number of thiocarbonyl (C=S) groups is 1. The van der Waals surface area contributed by atoms with Crippen molar-refractivity contribution in [1.29, 1.82) is 0 Å². The van der Waals surface area contributed by atoms with Gasteiger partial charge in [0.15, 0.2) is 4.32 Å². The molecule has 0 atom stereocenters. The first kappa shape index (κ1) is 19.8. The summed E-state index contributed by atoms with van der Waals surface area (Å²) in [5.74, 6) is 0.873. The first-order chi connectivity index (χ1) is 12.5. The van der Waals surface area contributed by atoms with Crippen LogP contribution in [0.1, 0.15) is 11.1 Å². The Hall–Kier alpha value is -0.930. The Labute approximate surface area is 182 Å². The number of carbonyl (C=O) groups is 1. The molecular formula is C17H11Br2ClN2O2S2. The van der Waals surface area contributed by atoms with Crippen molar-refractivity contribution >= 4 is 83.9 Å². The Morgan fingerprint density at radius 2 is 2.00 bits per heavy atom. The number of carbonyl (C=O) groups excluding carboxylic acids is 1. The number of benzene rings is 2. The summed E-state index contributed by atoms with van der Waals surface area (Å²) in [5.41, 5.74) is 1.69. The van der Waals surface area contributed by atoms with Crippen LogP contribution in [-0.2, 0) is 11.4 Å². The average molecular weight is 535 g/mol. The number of ether oxygens (including phenoxy) is 1. The van der Waals surface area contributed by atoms with Crippen LogP contribution in [0.3, 0.4) is 0 Å². The van der Waals surface area contributed by atoms with E-state index in [0.717, 1.165) is 20.1 Å². The molecule has 0 aliphatic carbocycles. The fourth-order valence-electron chi connectivity index (χ4n) is 2.14. The zero-order valence-corrected chi connectivity index (χ0v) is 18.7. The maximum Gasteiger partial charge on any atom is 0.259 e. The first-order valence-electron chi connectivity index (χ1n) is 7.34. The zero-order valence-electron chi connectivity index (χ0n) is 13.1. The van der Waals surface area contributed by atoms with Gasteiger partial charge in [-0.25, -0.2) is 0 Å². The van der Waals surface area contributed by atoms with E-state index in [9.17, 15) is 4.79 Å². The third kappa shape index (κ3) is 4.67. The van der Waals surface area contributed by atoms with E-state index in [0.29, 0.717) is 27.5 Å². The smallest absolute Gasteiger partial charge is 0.259 e. The standard InChI is InChI=1S/C17H11Br2ClN2O2S2/c18-12-5-10(7-21-22-15(23)9-26-17(22)25)6-13(19)16(12)24-8-11-3-1-2-4-14(11)20/h1-7H,8-9H2/b21-7+. The van der Waals surface area contributed by atoms with Crippen LogP contribution in [0.15, 0.2) is 50.4 Å². The minimum absolute atomic E-state index is 0.117. The molecule has 1 heterocycles. The lowest BCUT2D eigenvalue weighted by Gasteiger charge is -2.12. The quantitative estimate of drug-likeness (QED) is 0.368. The van der Waals surface area contributed by atoms with Crippen molar-refractivity contribution in [1.82, 2.24) is 5.01 Å². The van der Waals surface area contributed by atoms with E-state index >= 15 is 0 Å². The number of halogens is 3. The van der Waals surface area contributed by atoms with Crippen molar-refractivity contribution in [3.8, 4) is 5.75 Å². The highest BCUT2D eigenvalue weighted by Crippen LogP contribution is 2.35. The summed E-state index contributed by atoms with van der Waals surface area (Å²) in [4.78, 5) is 11.7. The van der Waals surface area contributed by atoms with Crippen LogP contribution in [0, 0.1) is 0 Å². The van der Waals surface area contributed by atoms with Crippen molar-refractivity contribution in [3.05, 3.63) is 61.5 Å². The Kier molecular flexibility index (Phi) is 6.74. The Morgan fingerprint density at radius 1 is 1.31 bits per heavy atom. The normalized spacial score (nSPS) is 14.5. The molecule has 1 amide bonds. The number of hydrogen-bond donors (Lipinski definition) is 0. The lowest BCUT2D eigenvalue weighted by Crippen LogP contribution is -2.22. The molecule has 0 bridgehead atoms. The molecule has 1 fully saturated rings.